The first kappa shape index (κ1) is 65.4. The van der Waals surface area contributed by atoms with Crippen molar-refractivity contribution in [3.05, 3.63) is 0 Å². The van der Waals surface area contributed by atoms with Gasteiger partial charge in [0.2, 0.25) is 0 Å². The average molecular weight is 948 g/mol. The average Bonchev–Trinajstić information content (AvgIpc) is 3.30. The minimum Gasteiger partial charge on any atom is -0.462 e. The molecule has 0 aromatic carbocycles. The maximum atomic E-state index is 12.9. The van der Waals surface area contributed by atoms with Crippen LogP contribution >= 0.6 is 0 Å². The second kappa shape index (κ2) is 53.8. The summed E-state index contributed by atoms with van der Waals surface area (Å²) >= 11 is 0. The zero-order chi connectivity index (χ0) is 48.9. The van der Waals surface area contributed by atoms with Crippen LogP contribution < -0.4 is 0 Å². The van der Waals surface area contributed by atoms with Gasteiger partial charge in [0, 0.05) is 19.3 Å². The topological polar surface area (TPSA) is 78.9 Å². The van der Waals surface area contributed by atoms with Crippen molar-refractivity contribution in [1.29, 1.82) is 0 Å². The number of unbranched alkanes of at least 4 members (excludes halogenated alkanes) is 40. The molecule has 6 nitrogen and oxygen atoms in total. The number of carbonyl (C=O) groups excluding carboxylic acids is 3. The first-order valence-electron chi connectivity index (χ1n) is 30.2. The maximum Gasteiger partial charge on any atom is 0.306 e. The third-order valence-corrected chi connectivity index (χ3v) is 14.0. The fraction of sp³-hybridized carbons (Fsp3) is 0.951. The molecule has 398 valence electrons. The van der Waals surface area contributed by atoms with Crippen molar-refractivity contribution in [2.75, 3.05) is 13.2 Å². The summed E-state index contributed by atoms with van der Waals surface area (Å²) in [5.41, 5.74) is 0. The van der Waals surface area contributed by atoms with Gasteiger partial charge in [0.15, 0.2) is 6.10 Å². The van der Waals surface area contributed by atoms with E-state index < -0.39 is 6.10 Å². The molecule has 0 N–H and O–H groups in total. The molecule has 0 spiro atoms. The number of hydrogen-bond donors (Lipinski definition) is 0. The third-order valence-electron chi connectivity index (χ3n) is 14.0. The molecule has 0 bridgehead atoms. The van der Waals surface area contributed by atoms with Gasteiger partial charge in [-0.1, -0.05) is 304 Å². The highest BCUT2D eigenvalue weighted by molar-refractivity contribution is 5.71. The Kier molecular flexibility index (Phi) is 52.5. The molecule has 6 heteroatoms. The van der Waals surface area contributed by atoms with Gasteiger partial charge >= 0.3 is 17.9 Å². The van der Waals surface area contributed by atoms with Gasteiger partial charge in [-0.25, -0.2) is 0 Å². The van der Waals surface area contributed by atoms with Crippen LogP contribution in [0.25, 0.3) is 0 Å². The number of carbonyl (C=O) groups is 3. The lowest BCUT2D eigenvalue weighted by Gasteiger charge is -2.18. The van der Waals surface area contributed by atoms with Crippen molar-refractivity contribution in [3.63, 3.8) is 0 Å². The van der Waals surface area contributed by atoms with Crippen LogP contribution in [0.4, 0.5) is 0 Å². The van der Waals surface area contributed by atoms with Gasteiger partial charge in [-0.05, 0) is 31.1 Å². The molecule has 0 aromatic rings. The van der Waals surface area contributed by atoms with Crippen LogP contribution in [0.15, 0.2) is 0 Å². The largest absolute Gasteiger partial charge is 0.462 e. The summed E-state index contributed by atoms with van der Waals surface area (Å²) in [5, 5.41) is 0. The van der Waals surface area contributed by atoms with Gasteiger partial charge in [-0.3, -0.25) is 14.4 Å². The Morgan fingerprint density at radius 2 is 0.493 bits per heavy atom. The number of ether oxygens (including phenoxy) is 3. The SMILES string of the molecule is CCCCCCCCCCCCCCC(=O)OC[C@@H](COC(=O)CCCCCCCCCCCCCCCCCCCCC(C)C)OC(=O)CCCCCCCCCCCCCCCC(C)C. The second-order valence-electron chi connectivity index (χ2n) is 21.9. The molecule has 0 saturated carbocycles. The Balaban J connectivity index is 4.24. The summed E-state index contributed by atoms with van der Waals surface area (Å²) < 4.78 is 16.9. The zero-order valence-electron chi connectivity index (χ0n) is 46.0. The lowest BCUT2D eigenvalue weighted by Crippen LogP contribution is -2.30. The summed E-state index contributed by atoms with van der Waals surface area (Å²) in [5.74, 6) is 0.861. The fourth-order valence-electron chi connectivity index (χ4n) is 9.40. The molecular weight excluding hydrogens is 829 g/mol. The van der Waals surface area contributed by atoms with E-state index in [4.69, 9.17) is 14.2 Å². The molecule has 0 aromatic heterocycles. The van der Waals surface area contributed by atoms with E-state index in [0.717, 1.165) is 69.6 Å². The highest BCUT2D eigenvalue weighted by Gasteiger charge is 2.19. The predicted octanol–water partition coefficient (Wildman–Crippen LogP) is 20.0. The van der Waals surface area contributed by atoms with Crippen molar-refractivity contribution in [3.8, 4) is 0 Å². The van der Waals surface area contributed by atoms with Gasteiger partial charge in [0.05, 0.1) is 0 Å². The van der Waals surface area contributed by atoms with Crippen LogP contribution in [0.1, 0.15) is 343 Å². The van der Waals surface area contributed by atoms with E-state index in [1.807, 2.05) is 0 Å². The third kappa shape index (κ3) is 55.2. The lowest BCUT2D eigenvalue weighted by atomic mass is 10.0. The predicted molar refractivity (Wildman–Crippen MR) is 289 cm³/mol. The molecule has 0 amide bonds. The Hall–Kier alpha value is -1.59. The zero-order valence-corrected chi connectivity index (χ0v) is 46.0. The quantitative estimate of drug-likeness (QED) is 0.0343. The van der Waals surface area contributed by atoms with Crippen molar-refractivity contribution in [1.82, 2.24) is 0 Å². The standard InChI is InChI=1S/C61H118O6/c1-6-7-8-9-10-11-12-26-31-36-41-46-51-59(62)65-54-58(67-61(64)53-48-43-38-33-28-23-19-21-25-30-35-40-45-50-57(4)5)55-66-60(63)52-47-42-37-32-27-22-18-16-14-13-15-17-20-24-29-34-39-44-49-56(2)3/h56-58H,6-55H2,1-5H3/t58-/m0/s1. The van der Waals surface area contributed by atoms with Crippen LogP contribution in [0.3, 0.4) is 0 Å². The monoisotopic (exact) mass is 947 g/mol. The summed E-state index contributed by atoms with van der Waals surface area (Å²) in [4.78, 5) is 38.2. The highest BCUT2D eigenvalue weighted by Crippen LogP contribution is 2.19. The highest BCUT2D eigenvalue weighted by atomic mass is 16.6. The smallest absolute Gasteiger partial charge is 0.306 e. The Morgan fingerprint density at radius 1 is 0.284 bits per heavy atom. The fourth-order valence-corrected chi connectivity index (χ4v) is 9.40. The molecule has 0 aliphatic heterocycles. The van der Waals surface area contributed by atoms with E-state index in [2.05, 4.69) is 34.6 Å². The summed E-state index contributed by atoms with van der Waals surface area (Å²) in [7, 11) is 0. The molecule has 0 radical (unpaired) electrons. The van der Waals surface area contributed by atoms with Gasteiger partial charge in [0.25, 0.3) is 0 Å². The Labute approximate surface area is 418 Å². The normalized spacial score (nSPS) is 12.0. The van der Waals surface area contributed by atoms with Crippen molar-refractivity contribution >= 4 is 17.9 Å². The second-order valence-corrected chi connectivity index (χ2v) is 21.9. The first-order chi connectivity index (χ1) is 32.7. The van der Waals surface area contributed by atoms with Crippen LogP contribution in [0, 0.1) is 11.8 Å². The molecule has 67 heavy (non-hydrogen) atoms. The minimum absolute atomic E-state index is 0.0622. The van der Waals surface area contributed by atoms with Gasteiger partial charge in [0.1, 0.15) is 13.2 Å². The molecule has 0 aliphatic carbocycles. The van der Waals surface area contributed by atoms with Crippen LogP contribution in [0.2, 0.25) is 0 Å². The molecular formula is C61H118O6. The Morgan fingerprint density at radius 3 is 0.731 bits per heavy atom. The summed E-state index contributed by atoms with van der Waals surface area (Å²) in [6.45, 7) is 11.4. The van der Waals surface area contributed by atoms with Crippen molar-refractivity contribution in [2.24, 2.45) is 11.8 Å². The summed E-state index contributed by atoms with van der Waals surface area (Å²) in [6, 6.07) is 0. The lowest BCUT2D eigenvalue weighted by molar-refractivity contribution is -0.167. The Bertz CT molecular complexity index is 1020. The minimum atomic E-state index is -0.762. The van der Waals surface area contributed by atoms with E-state index in [-0.39, 0.29) is 31.1 Å². The molecule has 0 heterocycles. The van der Waals surface area contributed by atoms with Crippen LogP contribution in [-0.2, 0) is 28.6 Å². The molecule has 0 fully saturated rings. The molecule has 0 aliphatic rings. The van der Waals surface area contributed by atoms with Crippen LogP contribution in [0.5, 0.6) is 0 Å². The van der Waals surface area contributed by atoms with Crippen LogP contribution in [-0.4, -0.2) is 37.2 Å². The molecule has 1 atom stereocenters. The van der Waals surface area contributed by atoms with E-state index in [0.29, 0.717) is 19.3 Å². The van der Waals surface area contributed by atoms with Crippen molar-refractivity contribution in [2.45, 2.75) is 349 Å². The van der Waals surface area contributed by atoms with E-state index in [9.17, 15) is 14.4 Å². The van der Waals surface area contributed by atoms with E-state index in [1.165, 1.54) is 231 Å². The van der Waals surface area contributed by atoms with Crippen molar-refractivity contribution < 1.29 is 28.6 Å². The van der Waals surface area contributed by atoms with Gasteiger partial charge in [-0.15, -0.1) is 0 Å². The van der Waals surface area contributed by atoms with E-state index in [1.54, 1.807) is 0 Å². The van der Waals surface area contributed by atoms with E-state index >= 15 is 0 Å². The number of rotatable bonds is 55. The first-order valence-corrected chi connectivity index (χ1v) is 30.2. The number of hydrogen-bond acceptors (Lipinski definition) is 6. The van der Waals surface area contributed by atoms with Gasteiger partial charge < -0.3 is 14.2 Å². The maximum absolute atomic E-state index is 12.9. The molecule has 0 rings (SSSR count). The molecule has 0 saturated heterocycles. The molecule has 0 unspecified atom stereocenters. The number of esters is 3. The summed E-state index contributed by atoms with van der Waals surface area (Å²) in [6.07, 6.45) is 58.1. The van der Waals surface area contributed by atoms with Gasteiger partial charge in [-0.2, -0.15) is 0 Å².